The maximum atomic E-state index is 6.67. The van der Waals surface area contributed by atoms with Crippen molar-refractivity contribution in [1.82, 2.24) is 4.57 Å². The monoisotopic (exact) mass is 687 g/mol. The van der Waals surface area contributed by atoms with Crippen LogP contribution in [0.1, 0.15) is 36.6 Å². The van der Waals surface area contributed by atoms with Gasteiger partial charge in [0.25, 0.3) is 0 Å². The van der Waals surface area contributed by atoms with E-state index in [9.17, 15) is 0 Å². The summed E-state index contributed by atoms with van der Waals surface area (Å²) in [5.41, 5.74) is 9.29. The molecule has 0 N–H and O–H groups in total. The highest BCUT2D eigenvalue weighted by atomic mass is 32.1. The first kappa shape index (κ1) is 30.5. The Morgan fingerprint density at radius 2 is 1.23 bits per heavy atom. The molecule has 0 spiro atoms. The van der Waals surface area contributed by atoms with Crippen molar-refractivity contribution >= 4 is 86.8 Å². The van der Waals surface area contributed by atoms with Crippen LogP contribution >= 0.6 is 11.3 Å². The lowest BCUT2D eigenvalue weighted by Gasteiger charge is -2.11. The van der Waals surface area contributed by atoms with Gasteiger partial charge in [0.15, 0.2) is 5.84 Å². The van der Waals surface area contributed by atoms with E-state index in [1.165, 1.54) is 42.0 Å². The summed E-state index contributed by atoms with van der Waals surface area (Å²) in [5.74, 6) is 0.711. The van der Waals surface area contributed by atoms with E-state index in [2.05, 4.69) is 133 Å². The Morgan fingerprint density at radius 3 is 2.04 bits per heavy atom. The fraction of sp³-hybridized carbons (Fsp3) is 0.0638. The Kier molecular flexibility index (Phi) is 7.15. The molecule has 10 rings (SSSR count). The molecule has 52 heavy (non-hydrogen) atoms. The fourth-order valence-corrected chi connectivity index (χ4v) is 8.84. The summed E-state index contributed by atoms with van der Waals surface area (Å²) in [6.07, 6.45) is 0. The second kappa shape index (κ2) is 12.2. The molecule has 7 aromatic carbocycles. The van der Waals surface area contributed by atoms with Gasteiger partial charge in [0.2, 0.25) is 0 Å². The third-order valence-corrected chi connectivity index (χ3v) is 11.4. The van der Waals surface area contributed by atoms with Gasteiger partial charge >= 0.3 is 0 Å². The number of nitrogens with zero attached hydrogens (tertiary/aromatic N) is 3. The first-order valence-electron chi connectivity index (χ1n) is 17.6. The molecule has 5 heteroatoms. The molecule has 1 unspecified atom stereocenters. The highest BCUT2D eigenvalue weighted by molar-refractivity contribution is 7.26. The lowest BCUT2D eigenvalue weighted by molar-refractivity contribution is 0.666. The number of hydrogen-bond acceptors (Lipinski definition) is 3. The number of furan rings is 1. The zero-order chi connectivity index (χ0) is 34.8. The van der Waals surface area contributed by atoms with Crippen molar-refractivity contribution in [2.45, 2.75) is 19.9 Å². The predicted octanol–water partition coefficient (Wildman–Crippen LogP) is 13.1. The van der Waals surface area contributed by atoms with Crippen molar-refractivity contribution < 1.29 is 4.42 Å². The summed E-state index contributed by atoms with van der Waals surface area (Å²) in [6.45, 7) is 4.16. The second-order valence-electron chi connectivity index (χ2n) is 13.4. The average molecular weight is 688 g/mol. The highest BCUT2D eigenvalue weighted by Gasteiger charge is 2.19. The quantitative estimate of drug-likeness (QED) is 0.131. The normalized spacial score (nSPS) is 13.3. The van der Waals surface area contributed by atoms with E-state index in [1.807, 2.05) is 54.7 Å². The molecule has 0 aliphatic heterocycles. The minimum Gasteiger partial charge on any atom is -0.456 e. The number of amidine groups is 1. The third-order valence-electron chi connectivity index (χ3n) is 10.2. The second-order valence-corrected chi connectivity index (χ2v) is 14.4. The molecule has 248 valence electrons. The molecular formula is C47H33N3OS. The van der Waals surface area contributed by atoms with Crippen LogP contribution in [0, 0.1) is 0 Å². The van der Waals surface area contributed by atoms with Gasteiger partial charge in [-0.15, -0.1) is 11.3 Å². The van der Waals surface area contributed by atoms with E-state index >= 15 is 0 Å². The summed E-state index contributed by atoms with van der Waals surface area (Å²) in [6, 6.07) is 55.4. The minimum absolute atomic E-state index is 0.142. The Labute approximate surface area is 304 Å². The number of aliphatic imine (C=N–C) groups is 2. The Morgan fingerprint density at radius 1 is 0.596 bits per heavy atom. The molecule has 0 fully saturated rings. The Balaban J connectivity index is 1.09. The van der Waals surface area contributed by atoms with E-state index in [1.54, 1.807) is 0 Å². The zero-order valence-corrected chi connectivity index (χ0v) is 29.6. The van der Waals surface area contributed by atoms with Gasteiger partial charge in [-0.05, 0) is 55.3 Å². The molecule has 0 aliphatic carbocycles. The summed E-state index contributed by atoms with van der Waals surface area (Å²) < 4.78 is 11.7. The molecule has 0 bridgehead atoms. The average Bonchev–Trinajstić information content (AvgIpc) is 3.87. The van der Waals surface area contributed by atoms with Gasteiger partial charge in [-0.1, -0.05) is 121 Å². The van der Waals surface area contributed by atoms with Crippen LogP contribution in [0.3, 0.4) is 0 Å². The van der Waals surface area contributed by atoms with Gasteiger partial charge in [0, 0.05) is 60.0 Å². The van der Waals surface area contributed by atoms with Crippen LogP contribution in [0.5, 0.6) is 0 Å². The molecule has 3 heterocycles. The number of fused-ring (bicyclic) bond motifs is 10. The van der Waals surface area contributed by atoms with Crippen LogP contribution in [0.15, 0.2) is 172 Å². The van der Waals surface area contributed by atoms with Crippen LogP contribution in [0.25, 0.3) is 69.6 Å². The number of thiophene rings is 1. The zero-order valence-electron chi connectivity index (χ0n) is 28.7. The van der Waals surface area contributed by atoms with Crippen molar-refractivity contribution in [3.05, 3.63) is 174 Å². The molecule has 0 aliphatic rings. The Hall–Kier alpha value is -6.30. The molecule has 0 amide bonds. The smallest absolute Gasteiger partial charge is 0.155 e. The summed E-state index contributed by atoms with van der Waals surface area (Å²) >= 11 is 1.87. The number of benzene rings is 7. The summed E-state index contributed by atoms with van der Waals surface area (Å²) in [4.78, 5) is 10.2. The van der Waals surface area contributed by atoms with Gasteiger partial charge < -0.3 is 8.98 Å². The lowest BCUT2D eigenvalue weighted by atomic mass is 10.1. The van der Waals surface area contributed by atoms with E-state index in [-0.39, 0.29) is 6.04 Å². The minimum atomic E-state index is -0.142. The van der Waals surface area contributed by atoms with Crippen LogP contribution in [0.4, 0.5) is 0 Å². The molecule has 3 aromatic heterocycles. The van der Waals surface area contributed by atoms with Crippen molar-refractivity contribution in [3.8, 4) is 5.69 Å². The first-order valence-corrected chi connectivity index (χ1v) is 18.5. The molecule has 10 aromatic rings. The Bertz CT molecular complexity index is 3040. The fourth-order valence-electron chi connectivity index (χ4n) is 7.60. The van der Waals surface area contributed by atoms with Gasteiger partial charge in [0.05, 0.1) is 21.8 Å². The third kappa shape index (κ3) is 4.96. The largest absolute Gasteiger partial charge is 0.456 e. The molecule has 1 atom stereocenters. The molecule has 0 saturated carbocycles. The summed E-state index contributed by atoms with van der Waals surface area (Å²) in [7, 11) is 0. The summed E-state index contributed by atoms with van der Waals surface area (Å²) in [5, 5.41) is 7.30. The molecule has 0 radical (unpaired) electrons. The maximum absolute atomic E-state index is 6.67. The van der Waals surface area contributed by atoms with Crippen LogP contribution in [-0.4, -0.2) is 16.1 Å². The van der Waals surface area contributed by atoms with E-state index in [4.69, 9.17) is 14.4 Å². The lowest BCUT2D eigenvalue weighted by Crippen LogP contribution is -2.05. The SMILES string of the molecule is C/C(=N\C(=N/C(C)c1ccc2c(c1)oc1cc(-n3c4ccccc4c4ccc5c6ccccc6sc5c43)ccc12)c1ccccc1)c1ccccc1. The van der Waals surface area contributed by atoms with Crippen molar-refractivity contribution in [2.24, 2.45) is 9.98 Å². The van der Waals surface area contributed by atoms with Crippen LogP contribution in [-0.2, 0) is 0 Å². The standard InChI is InChI=1S/C47H33N3OS/c1-29(31-13-5-3-6-14-31)48-47(32-15-7-4-8-16-32)49-30(2)33-21-23-36-37-24-22-34(28-43(37)51-42(36)27-33)50-41-19-11-9-17-35(41)39-25-26-40-38-18-10-12-20-44(38)52-46(40)45(39)50/h3-28,30H,1-2H3/b48-29+,49-47-. The molecule has 4 nitrogen and oxygen atoms in total. The highest BCUT2D eigenvalue weighted by Crippen LogP contribution is 2.43. The van der Waals surface area contributed by atoms with Gasteiger partial charge in [0.1, 0.15) is 11.2 Å². The topological polar surface area (TPSA) is 42.8 Å². The first-order chi connectivity index (χ1) is 25.6. The van der Waals surface area contributed by atoms with Crippen molar-refractivity contribution in [3.63, 3.8) is 0 Å². The molecule has 0 saturated heterocycles. The number of rotatable bonds is 5. The molecular weight excluding hydrogens is 655 g/mol. The number of para-hydroxylation sites is 1. The predicted molar refractivity (Wildman–Crippen MR) is 221 cm³/mol. The van der Waals surface area contributed by atoms with Gasteiger partial charge in [-0.2, -0.15) is 0 Å². The van der Waals surface area contributed by atoms with Crippen LogP contribution < -0.4 is 0 Å². The van der Waals surface area contributed by atoms with Gasteiger partial charge in [-0.3, -0.25) is 4.99 Å². The van der Waals surface area contributed by atoms with E-state index in [0.29, 0.717) is 5.84 Å². The number of hydrogen-bond donors (Lipinski definition) is 0. The maximum Gasteiger partial charge on any atom is 0.155 e. The van der Waals surface area contributed by atoms with Crippen molar-refractivity contribution in [1.29, 1.82) is 0 Å². The van der Waals surface area contributed by atoms with Crippen LogP contribution in [0.2, 0.25) is 0 Å². The number of aromatic nitrogens is 1. The van der Waals surface area contributed by atoms with E-state index < -0.39 is 0 Å². The van der Waals surface area contributed by atoms with Crippen molar-refractivity contribution in [2.75, 3.05) is 0 Å². The van der Waals surface area contributed by atoms with E-state index in [0.717, 1.165) is 50.0 Å². The van der Waals surface area contributed by atoms with Gasteiger partial charge in [-0.25, -0.2) is 4.99 Å².